The van der Waals surface area contributed by atoms with Crippen LogP contribution >= 0.6 is 0 Å². The molecule has 11 heteroatoms. The number of rotatable bonds is 4. The zero-order chi connectivity index (χ0) is 23.2. The maximum absolute atomic E-state index is 12.5. The number of ketones is 1. The number of fused-ring (bicyclic) bond motifs is 1. The normalized spacial score (nSPS) is 29.8. The average Bonchev–Trinajstić information content (AvgIpc) is 2.74. The summed E-state index contributed by atoms with van der Waals surface area (Å²) < 4.78 is 16.5. The molecular formula is C21H22O11. The quantitative estimate of drug-likeness (QED) is 0.324. The number of ether oxygens (including phenoxy) is 3. The first kappa shape index (κ1) is 22.1. The van der Waals surface area contributed by atoms with Gasteiger partial charge >= 0.3 is 0 Å². The van der Waals surface area contributed by atoms with E-state index in [-0.39, 0.29) is 35.0 Å². The van der Waals surface area contributed by atoms with Crippen LogP contribution in [0.15, 0.2) is 30.3 Å². The van der Waals surface area contributed by atoms with Crippen molar-refractivity contribution in [1.82, 2.24) is 0 Å². The van der Waals surface area contributed by atoms with Crippen molar-refractivity contribution in [2.75, 3.05) is 6.61 Å². The highest BCUT2D eigenvalue weighted by atomic mass is 16.7. The van der Waals surface area contributed by atoms with Crippen LogP contribution in [0.2, 0.25) is 0 Å². The van der Waals surface area contributed by atoms with Crippen LogP contribution in [0.3, 0.4) is 0 Å². The van der Waals surface area contributed by atoms with Gasteiger partial charge in [-0.2, -0.15) is 0 Å². The Morgan fingerprint density at radius 2 is 1.72 bits per heavy atom. The molecule has 7 N–H and O–H groups in total. The van der Waals surface area contributed by atoms with Crippen LogP contribution in [0.4, 0.5) is 0 Å². The molecule has 1 fully saturated rings. The molecule has 172 valence electrons. The van der Waals surface area contributed by atoms with E-state index in [0.29, 0.717) is 5.56 Å². The summed E-state index contributed by atoms with van der Waals surface area (Å²) in [6, 6.07) is 6.31. The third-order valence-electron chi connectivity index (χ3n) is 5.43. The third-order valence-corrected chi connectivity index (χ3v) is 5.43. The van der Waals surface area contributed by atoms with Gasteiger partial charge in [-0.15, -0.1) is 0 Å². The number of aliphatic hydroxyl groups excluding tert-OH is 4. The summed E-state index contributed by atoms with van der Waals surface area (Å²) in [7, 11) is 0. The van der Waals surface area contributed by atoms with Gasteiger partial charge in [0, 0.05) is 12.1 Å². The van der Waals surface area contributed by atoms with Gasteiger partial charge < -0.3 is 50.0 Å². The summed E-state index contributed by atoms with van der Waals surface area (Å²) in [4.78, 5) is 12.5. The van der Waals surface area contributed by atoms with Crippen molar-refractivity contribution in [3.8, 4) is 28.7 Å². The fraction of sp³-hybridized carbons (Fsp3) is 0.381. The van der Waals surface area contributed by atoms with E-state index >= 15 is 0 Å². The Hall–Kier alpha value is -3.09. The number of hydrogen-bond donors (Lipinski definition) is 7. The third kappa shape index (κ3) is 3.92. The van der Waals surface area contributed by atoms with Crippen molar-refractivity contribution in [2.45, 2.75) is 43.2 Å². The molecule has 2 heterocycles. The van der Waals surface area contributed by atoms with Crippen molar-refractivity contribution in [1.29, 1.82) is 0 Å². The van der Waals surface area contributed by atoms with Crippen molar-refractivity contribution in [3.63, 3.8) is 0 Å². The maximum atomic E-state index is 12.5. The summed E-state index contributed by atoms with van der Waals surface area (Å²) in [6.07, 6.45) is -8.60. The van der Waals surface area contributed by atoms with Crippen LogP contribution in [0.1, 0.15) is 28.4 Å². The van der Waals surface area contributed by atoms with Gasteiger partial charge in [0.2, 0.25) is 6.29 Å². The molecule has 0 bridgehead atoms. The summed E-state index contributed by atoms with van der Waals surface area (Å²) in [5, 5.41) is 69.0. The van der Waals surface area contributed by atoms with Gasteiger partial charge in [-0.05, 0) is 17.7 Å². The van der Waals surface area contributed by atoms with Gasteiger partial charge in [0.05, 0.1) is 13.0 Å². The highest BCUT2D eigenvalue weighted by Crippen LogP contribution is 2.43. The maximum Gasteiger partial charge on any atom is 0.229 e. The lowest BCUT2D eigenvalue weighted by Gasteiger charge is -2.39. The van der Waals surface area contributed by atoms with E-state index in [1.54, 1.807) is 0 Å². The van der Waals surface area contributed by atoms with Gasteiger partial charge in [0.1, 0.15) is 53.3 Å². The first-order chi connectivity index (χ1) is 15.2. The van der Waals surface area contributed by atoms with Crippen LogP contribution in [-0.2, 0) is 4.74 Å². The van der Waals surface area contributed by atoms with Crippen LogP contribution in [-0.4, -0.2) is 78.8 Å². The lowest BCUT2D eigenvalue weighted by molar-refractivity contribution is -0.277. The number of phenols is 3. The monoisotopic (exact) mass is 450 g/mol. The number of aliphatic hydroxyl groups is 4. The van der Waals surface area contributed by atoms with E-state index in [4.69, 9.17) is 14.2 Å². The molecule has 0 spiro atoms. The van der Waals surface area contributed by atoms with E-state index in [0.717, 1.165) is 6.07 Å². The molecule has 2 aliphatic rings. The van der Waals surface area contributed by atoms with E-state index in [2.05, 4.69) is 0 Å². The lowest BCUT2D eigenvalue weighted by atomic mass is 9.95. The molecule has 2 aromatic carbocycles. The number of phenolic OH excluding ortho intramolecular Hbond substituents is 3. The molecule has 6 atom stereocenters. The number of hydrogen-bond acceptors (Lipinski definition) is 11. The predicted octanol–water partition coefficient (Wildman–Crippen LogP) is -0.311. The molecule has 32 heavy (non-hydrogen) atoms. The van der Waals surface area contributed by atoms with Crippen LogP contribution in [0.5, 0.6) is 28.7 Å². The zero-order valence-electron chi connectivity index (χ0n) is 16.5. The predicted molar refractivity (Wildman–Crippen MR) is 105 cm³/mol. The number of carbonyl (C=O) groups is 1. The number of benzene rings is 2. The van der Waals surface area contributed by atoms with Gasteiger partial charge in [-0.3, -0.25) is 4.79 Å². The molecule has 2 aliphatic heterocycles. The first-order valence-electron chi connectivity index (χ1n) is 9.75. The fourth-order valence-corrected chi connectivity index (χ4v) is 3.73. The highest BCUT2D eigenvalue weighted by Gasteiger charge is 2.45. The molecule has 0 amide bonds. The average molecular weight is 450 g/mol. The lowest BCUT2D eigenvalue weighted by Crippen LogP contribution is -2.60. The molecule has 4 rings (SSSR count). The van der Waals surface area contributed by atoms with Crippen molar-refractivity contribution in [2.24, 2.45) is 0 Å². The van der Waals surface area contributed by atoms with Gasteiger partial charge in [-0.1, -0.05) is 6.07 Å². The minimum absolute atomic E-state index is 0.00627. The Labute approximate surface area is 181 Å². The van der Waals surface area contributed by atoms with E-state index in [9.17, 15) is 40.5 Å². The van der Waals surface area contributed by atoms with Crippen LogP contribution < -0.4 is 9.47 Å². The van der Waals surface area contributed by atoms with Gasteiger partial charge in [-0.25, -0.2) is 0 Å². The van der Waals surface area contributed by atoms with Gasteiger partial charge in [0.25, 0.3) is 0 Å². The number of carbonyl (C=O) groups excluding carboxylic acids is 1. The molecule has 0 unspecified atom stereocenters. The molecular weight excluding hydrogens is 428 g/mol. The second-order valence-corrected chi connectivity index (χ2v) is 7.61. The van der Waals surface area contributed by atoms with Gasteiger partial charge in [0.15, 0.2) is 17.3 Å². The molecule has 2 aromatic rings. The molecule has 11 nitrogen and oxygen atoms in total. The molecule has 0 aromatic heterocycles. The Morgan fingerprint density at radius 3 is 2.44 bits per heavy atom. The van der Waals surface area contributed by atoms with Crippen LogP contribution in [0.25, 0.3) is 0 Å². The molecule has 1 saturated heterocycles. The van der Waals surface area contributed by atoms with Crippen molar-refractivity contribution in [3.05, 3.63) is 41.5 Å². The summed E-state index contributed by atoms with van der Waals surface area (Å²) in [5.41, 5.74) is 0.347. The van der Waals surface area contributed by atoms with Crippen LogP contribution in [0, 0.1) is 0 Å². The van der Waals surface area contributed by atoms with Crippen molar-refractivity contribution >= 4 is 5.78 Å². The first-order valence-corrected chi connectivity index (χ1v) is 9.75. The summed E-state index contributed by atoms with van der Waals surface area (Å²) in [6.45, 7) is -0.645. The number of Topliss-reactive ketones (excluding diaryl/α,β-unsaturated/α-hetero) is 1. The standard InChI is InChI=1S/C21H22O11/c22-7-16-18(27)19(28)20(29)21(32-16)31-14-3-8(1-2-10(14)24)13-6-12(26)17-11(25)4-9(23)5-15(17)30-13/h1-5,13,16,18-25,27-29H,6-7H2/t13-,16+,18+,19+,20+,21+/m1/s1. The molecule has 0 saturated carbocycles. The Bertz CT molecular complexity index is 1020. The number of aromatic hydroxyl groups is 3. The zero-order valence-corrected chi connectivity index (χ0v) is 16.5. The second-order valence-electron chi connectivity index (χ2n) is 7.61. The fourth-order valence-electron chi connectivity index (χ4n) is 3.73. The topological polar surface area (TPSA) is 186 Å². The largest absolute Gasteiger partial charge is 0.508 e. The van der Waals surface area contributed by atoms with E-state index in [1.165, 1.54) is 24.3 Å². The SMILES string of the molecule is O=C1C[C@H](c2ccc(O)c(O[C@H]3O[C@@H](CO)[C@H](O)[C@H](O)[C@@H]3O)c2)Oc2cc(O)cc(O)c21. The minimum atomic E-state index is -1.68. The second kappa shape index (κ2) is 8.45. The Morgan fingerprint density at radius 1 is 0.969 bits per heavy atom. The minimum Gasteiger partial charge on any atom is -0.508 e. The van der Waals surface area contributed by atoms with E-state index in [1.807, 2.05) is 0 Å². The molecule has 0 radical (unpaired) electrons. The van der Waals surface area contributed by atoms with E-state index < -0.39 is 54.9 Å². The smallest absolute Gasteiger partial charge is 0.229 e. The Balaban J connectivity index is 1.59. The van der Waals surface area contributed by atoms with Crippen molar-refractivity contribution < 1.29 is 54.8 Å². The highest BCUT2D eigenvalue weighted by molar-refractivity contribution is 6.02. The Kier molecular flexibility index (Phi) is 5.84. The molecule has 0 aliphatic carbocycles. The summed E-state index contributed by atoms with van der Waals surface area (Å²) in [5.74, 6) is -1.63. The summed E-state index contributed by atoms with van der Waals surface area (Å²) >= 11 is 0.